The van der Waals surface area contributed by atoms with E-state index in [0.29, 0.717) is 0 Å². The van der Waals surface area contributed by atoms with Crippen molar-refractivity contribution in [3.63, 3.8) is 0 Å². The van der Waals surface area contributed by atoms with Crippen LogP contribution in [-0.2, 0) is 6.42 Å². The molecule has 0 aromatic heterocycles. The van der Waals surface area contributed by atoms with Crippen LogP contribution in [0.15, 0.2) is 146 Å². The number of benzene rings is 7. The summed E-state index contributed by atoms with van der Waals surface area (Å²) in [5.41, 5.74) is 12.8. The van der Waals surface area contributed by atoms with Crippen molar-refractivity contribution in [2.24, 2.45) is 0 Å². The average molecular weight is 623 g/mol. The SMILES string of the molecule is C=C(CC/C=C\Cc1ccc(C)c(-c2cc(-c3ccc4c5ccccc5c5ccccc5c4c3)ccc2C)c1)c1ccccc1C.CC. The van der Waals surface area contributed by atoms with E-state index in [1.807, 2.05) is 13.8 Å². The molecule has 0 spiro atoms. The van der Waals surface area contributed by atoms with E-state index in [1.54, 1.807) is 0 Å². The van der Waals surface area contributed by atoms with Crippen LogP contribution in [-0.4, -0.2) is 0 Å². The van der Waals surface area contributed by atoms with Gasteiger partial charge in [0.25, 0.3) is 0 Å². The van der Waals surface area contributed by atoms with Gasteiger partial charge < -0.3 is 0 Å². The number of aryl methyl sites for hydroxylation is 3. The average Bonchev–Trinajstić information content (AvgIpc) is 3.13. The third kappa shape index (κ3) is 6.62. The molecular weight excluding hydrogens is 577 g/mol. The van der Waals surface area contributed by atoms with Gasteiger partial charge in [0.15, 0.2) is 0 Å². The number of allylic oxidation sites excluding steroid dienone is 3. The van der Waals surface area contributed by atoms with E-state index in [4.69, 9.17) is 0 Å². The Labute approximate surface area is 287 Å². The fourth-order valence-corrected chi connectivity index (χ4v) is 6.96. The number of rotatable bonds is 8. The van der Waals surface area contributed by atoms with Crippen molar-refractivity contribution < 1.29 is 0 Å². The second-order valence-electron chi connectivity index (χ2n) is 12.7. The van der Waals surface area contributed by atoms with Crippen LogP contribution < -0.4 is 0 Å². The topological polar surface area (TPSA) is 0 Å². The molecule has 0 heterocycles. The summed E-state index contributed by atoms with van der Waals surface area (Å²) in [6.45, 7) is 15.0. The molecule has 0 nitrogen and oxygen atoms in total. The maximum absolute atomic E-state index is 4.34. The van der Waals surface area contributed by atoms with Gasteiger partial charge in [0.1, 0.15) is 0 Å². The van der Waals surface area contributed by atoms with Gasteiger partial charge in [0.2, 0.25) is 0 Å². The summed E-state index contributed by atoms with van der Waals surface area (Å²) in [5, 5.41) is 7.85. The molecule has 0 unspecified atom stereocenters. The Balaban J connectivity index is 0.00000197. The van der Waals surface area contributed by atoms with Gasteiger partial charge in [0.05, 0.1) is 0 Å². The molecular formula is C48H46. The predicted octanol–water partition coefficient (Wildman–Crippen LogP) is 14.0. The van der Waals surface area contributed by atoms with Crippen molar-refractivity contribution in [1.29, 1.82) is 0 Å². The molecule has 0 aliphatic heterocycles. The molecule has 0 radical (unpaired) electrons. The molecule has 0 aliphatic carbocycles. The molecule has 0 bridgehead atoms. The molecule has 48 heavy (non-hydrogen) atoms. The van der Waals surface area contributed by atoms with Crippen molar-refractivity contribution in [1.82, 2.24) is 0 Å². The van der Waals surface area contributed by atoms with Crippen LogP contribution in [0.3, 0.4) is 0 Å². The van der Waals surface area contributed by atoms with Gasteiger partial charge in [-0.15, -0.1) is 0 Å². The van der Waals surface area contributed by atoms with Crippen LogP contribution in [0.2, 0.25) is 0 Å². The van der Waals surface area contributed by atoms with E-state index in [0.717, 1.165) is 19.3 Å². The summed E-state index contributed by atoms with van der Waals surface area (Å²) in [7, 11) is 0. The lowest BCUT2D eigenvalue weighted by Gasteiger charge is -2.15. The first-order valence-corrected chi connectivity index (χ1v) is 17.4. The second kappa shape index (κ2) is 14.7. The zero-order valence-corrected chi connectivity index (χ0v) is 29.1. The van der Waals surface area contributed by atoms with Gasteiger partial charge in [-0.05, 0) is 140 Å². The minimum Gasteiger partial charge on any atom is -0.0952 e. The summed E-state index contributed by atoms with van der Waals surface area (Å²) in [5.74, 6) is 0. The van der Waals surface area contributed by atoms with Crippen LogP contribution in [0.4, 0.5) is 0 Å². The summed E-state index contributed by atoms with van der Waals surface area (Å²) >= 11 is 0. The molecule has 7 aromatic carbocycles. The Morgan fingerprint density at radius 2 is 1.02 bits per heavy atom. The summed E-state index contributed by atoms with van der Waals surface area (Å²) in [6, 6.07) is 47.0. The van der Waals surface area contributed by atoms with Gasteiger partial charge in [0, 0.05) is 0 Å². The normalized spacial score (nSPS) is 11.3. The number of hydrogen-bond donors (Lipinski definition) is 0. The monoisotopic (exact) mass is 622 g/mol. The van der Waals surface area contributed by atoms with E-state index < -0.39 is 0 Å². The molecule has 7 aromatic rings. The molecule has 0 saturated carbocycles. The maximum Gasteiger partial charge on any atom is -0.00928 e. The fraction of sp³-hybridized carbons (Fsp3) is 0.167. The highest BCUT2D eigenvalue weighted by Crippen LogP contribution is 2.38. The van der Waals surface area contributed by atoms with Crippen LogP contribution >= 0.6 is 0 Å². The fourth-order valence-electron chi connectivity index (χ4n) is 6.96. The van der Waals surface area contributed by atoms with Gasteiger partial charge in [-0.25, -0.2) is 0 Å². The van der Waals surface area contributed by atoms with Crippen molar-refractivity contribution in [3.8, 4) is 22.3 Å². The summed E-state index contributed by atoms with van der Waals surface area (Å²) < 4.78 is 0. The first-order chi connectivity index (χ1) is 23.5. The van der Waals surface area contributed by atoms with Crippen LogP contribution in [0, 0.1) is 20.8 Å². The number of hydrogen-bond acceptors (Lipinski definition) is 0. The molecule has 0 amide bonds. The van der Waals surface area contributed by atoms with Crippen molar-refractivity contribution >= 4 is 37.9 Å². The minimum atomic E-state index is 0.925. The number of fused-ring (bicyclic) bond motifs is 6. The second-order valence-corrected chi connectivity index (χ2v) is 12.7. The first kappa shape index (κ1) is 32.7. The highest BCUT2D eigenvalue weighted by atomic mass is 14.2. The molecule has 0 N–H and O–H groups in total. The lowest BCUT2D eigenvalue weighted by Crippen LogP contribution is -1.92. The lowest BCUT2D eigenvalue weighted by molar-refractivity contribution is 1.06. The van der Waals surface area contributed by atoms with Gasteiger partial charge >= 0.3 is 0 Å². The van der Waals surface area contributed by atoms with Crippen molar-refractivity contribution in [2.45, 2.75) is 53.9 Å². The largest absolute Gasteiger partial charge is 0.0952 e. The van der Waals surface area contributed by atoms with Gasteiger partial charge in [-0.2, -0.15) is 0 Å². The molecule has 0 fully saturated rings. The van der Waals surface area contributed by atoms with E-state index in [2.05, 4.69) is 167 Å². The predicted molar refractivity (Wildman–Crippen MR) is 213 cm³/mol. The van der Waals surface area contributed by atoms with Crippen LogP contribution in [0.5, 0.6) is 0 Å². The summed E-state index contributed by atoms with van der Waals surface area (Å²) in [4.78, 5) is 0. The minimum absolute atomic E-state index is 0.925. The molecule has 238 valence electrons. The Bertz CT molecular complexity index is 2240. The molecule has 0 heteroatoms. The van der Waals surface area contributed by atoms with E-state index in [-0.39, 0.29) is 0 Å². The smallest absolute Gasteiger partial charge is 0.00928 e. The maximum atomic E-state index is 4.34. The molecule has 0 saturated heterocycles. The van der Waals surface area contributed by atoms with E-state index in [1.165, 1.54) is 88.0 Å². The molecule has 0 atom stereocenters. The Hall–Kier alpha value is -5.20. The van der Waals surface area contributed by atoms with Crippen molar-refractivity contribution in [2.75, 3.05) is 0 Å². The van der Waals surface area contributed by atoms with Crippen molar-refractivity contribution in [3.05, 3.63) is 174 Å². The third-order valence-electron chi connectivity index (χ3n) is 9.57. The Kier molecular flexibility index (Phi) is 10.0. The van der Waals surface area contributed by atoms with Crippen LogP contribution in [0.25, 0.3) is 60.1 Å². The van der Waals surface area contributed by atoms with Crippen LogP contribution in [0.1, 0.15) is 54.5 Å². The zero-order chi connectivity index (χ0) is 33.6. The Morgan fingerprint density at radius 1 is 0.500 bits per heavy atom. The third-order valence-corrected chi connectivity index (χ3v) is 9.57. The Morgan fingerprint density at radius 3 is 1.69 bits per heavy atom. The summed E-state index contributed by atoms with van der Waals surface area (Å²) in [6.07, 6.45) is 7.53. The molecule has 0 aliphatic rings. The highest BCUT2D eigenvalue weighted by molar-refractivity contribution is 6.25. The van der Waals surface area contributed by atoms with E-state index in [9.17, 15) is 0 Å². The van der Waals surface area contributed by atoms with Gasteiger partial charge in [-0.3, -0.25) is 0 Å². The van der Waals surface area contributed by atoms with Gasteiger partial charge in [-0.1, -0.05) is 148 Å². The lowest BCUT2D eigenvalue weighted by atomic mass is 9.89. The first-order valence-electron chi connectivity index (χ1n) is 17.4. The quantitative estimate of drug-likeness (QED) is 0.117. The standard InChI is InChI=1S/C46H40.C2H6/c1-31(38-17-9-8-15-32(38)2)14-6-5-7-16-35-24-22-33(3)44(28-35)45-29-36(25-23-34(45)4)37-26-27-43-41-20-11-10-18-39(41)40-19-12-13-21-42(40)46(43)30-37;1-2/h5,7-13,15,17-30H,1,6,14,16H2,2-4H3;1-2H3/b7-5-;. The molecule has 7 rings (SSSR count). The van der Waals surface area contributed by atoms with E-state index >= 15 is 0 Å². The highest BCUT2D eigenvalue weighted by Gasteiger charge is 2.12. The zero-order valence-electron chi connectivity index (χ0n) is 29.1.